The second-order valence-electron chi connectivity index (χ2n) is 7.58. The first-order chi connectivity index (χ1) is 15.1. The van der Waals surface area contributed by atoms with Crippen LogP contribution in [0.25, 0.3) is 0 Å². The first-order valence-electron chi connectivity index (χ1n) is 10.4. The Morgan fingerprint density at radius 2 is 0.806 bits per heavy atom. The summed E-state index contributed by atoms with van der Waals surface area (Å²) in [7, 11) is -3.51. The summed E-state index contributed by atoms with van der Waals surface area (Å²) in [4.78, 5) is 0. The number of rotatable bonds is 7. The Balaban J connectivity index is 1.93. The summed E-state index contributed by atoms with van der Waals surface area (Å²) in [6, 6.07) is 33.5. The SMILES string of the molecule is Cc1cc(C)c([Si](Oc2ccccc2)(Oc2ccccc2)Oc2ccccc2)c(C)c1. The maximum Gasteiger partial charge on any atom is 0.737 e. The van der Waals surface area contributed by atoms with E-state index in [1.165, 1.54) is 5.56 Å². The molecule has 0 aliphatic heterocycles. The van der Waals surface area contributed by atoms with Gasteiger partial charge < -0.3 is 13.3 Å². The summed E-state index contributed by atoms with van der Waals surface area (Å²) in [5.74, 6) is 2.13. The Bertz CT molecular complexity index is 1000. The van der Waals surface area contributed by atoms with Gasteiger partial charge in [0.2, 0.25) is 0 Å². The van der Waals surface area contributed by atoms with Crippen LogP contribution in [0.4, 0.5) is 0 Å². The summed E-state index contributed by atoms with van der Waals surface area (Å²) in [6.45, 7) is 6.28. The minimum Gasteiger partial charge on any atom is -0.480 e. The van der Waals surface area contributed by atoms with Gasteiger partial charge in [-0.15, -0.1) is 0 Å². The smallest absolute Gasteiger partial charge is 0.480 e. The van der Waals surface area contributed by atoms with Crippen molar-refractivity contribution in [2.75, 3.05) is 0 Å². The third kappa shape index (κ3) is 4.81. The van der Waals surface area contributed by atoms with Crippen molar-refractivity contribution >= 4 is 14.0 Å². The molecule has 31 heavy (non-hydrogen) atoms. The highest BCUT2D eigenvalue weighted by molar-refractivity contribution is 6.78. The minimum atomic E-state index is -3.51. The van der Waals surface area contributed by atoms with Crippen LogP contribution in [0.15, 0.2) is 103 Å². The van der Waals surface area contributed by atoms with Gasteiger partial charge in [0.25, 0.3) is 0 Å². The molecule has 3 nitrogen and oxygen atoms in total. The summed E-state index contributed by atoms with van der Waals surface area (Å²) in [5, 5.41) is 0.981. The van der Waals surface area contributed by atoms with E-state index in [0.29, 0.717) is 17.2 Å². The summed E-state index contributed by atoms with van der Waals surface area (Å²) in [5.41, 5.74) is 3.37. The van der Waals surface area contributed by atoms with Crippen LogP contribution >= 0.6 is 0 Å². The predicted molar refractivity (Wildman–Crippen MR) is 127 cm³/mol. The van der Waals surface area contributed by atoms with Gasteiger partial charge in [-0.3, -0.25) is 0 Å². The molecule has 0 amide bonds. The number of aryl methyl sites for hydroxylation is 3. The normalized spacial score (nSPS) is 11.1. The molecule has 0 bridgehead atoms. The molecule has 4 rings (SSSR count). The van der Waals surface area contributed by atoms with Gasteiger partial charge in [0.1, 0.15) is 17.2 Å². The molecule has 0 unspecified atom stereocenters. The average Bonchev–Trinajstić information content (AvgIpc) is 2.75. The highest BCUT2D eigenvalue weighted by Crippen LogP contribution is 2.26. The third-order valence-corrected chi connectivity index (χ3v) is 7.88. The Hall–Kier alpha value is -3.50. The summed E-state index contributed by atoms with van der Waals surface area (Å²) >= 11 is 0. The average molecular weight is 427 g/mol. The minimum absolute atomic E-state index is 0.709. The maximum atomic E-state index is 6.69. The number of hydrogen-bond acceptors (Lipinski definition) is 3. The Labute approximate surface area is 185 Å². The fourth-order valence-electron chi connectivity index (χ4n) is 3.81. The van der Waals surface area contributed by atoms with Crippen LogP contribution < -0.4 is 18.5 Å². The maximum absolute atomic E-state index is 6.69. The first kappa shape index (κ1) is 20.8. The van der Waals surface area contributed by atoms with Crippen LogP contribution in [0.2, 0.25) is 0 Å². The van der Waals surface area contributed by atoms with Crippen LogP contribution in [0.5, 0.6) is 17.2 Å². The van der Waals surface area contributed by atoms with Crippen LogP contribution in [-0.2, 0) is 0 Å². The van der Waals surface area contributed by atoms with Crippen molar-refractivity contribution in [3.05, 3.63) is 120 Å². The van der Waals surface area contributed by atoms with Gasteiger partial charge in [0, 0.05) is 0 Å². The molecule has 0 aliphatic rings. The van der Waals surface area contributed by atoms with E-state index in [2.05, 4.69) is 32.9 Å². The van der Waals surface area contributed by atoms with Crippen molar-refractivity contribution in [1.29, 1.82) is 0 Å². The van der Waals surface area contributed by atoms with E-state index < -0.39 is 8.80 Å². The first-order valence-corrected chi connectivity index (χ1v) is 12.1. The van der Waals surface area contributed by atoms with Crippen LogP contribution in [-0.4, -0.2) is 8.80 Å². The zero-order valence-electron chi connectivity index (χ0n) is 18.0. The highest BCUT2D eigenvalue weighted by Gasteiger charge is 2.54. The standard InChI is InChI=1S/C27H26O3Si/c1-21-19-22(2)27(23(3)20-21)31(28-24-13-7-4-8-14-24,29-25-15-9-5-10-16-25)30-26-17-11-6-12-18-26/h4-20H,1-3H3. The molecule has 4 aromatic rings. The molecule has 0 aliphatic carbocycles. The lowest BCUT2D eigenvalue weighted by Crippen LogP contribution is -2.66. The molecule has 0 heterocycles. The number of benzene rings is 4. The van der Waals surface area contributed by atoms with Gasteiger partial charge in [0.05, 0.1) is 5.19 Å². The quantitative estimate of drug-likeness (QED) is 0.340. The topological polar surface area (TPSA) is 27.7 Å². The van der Waals surface area contributed by atoms with Gasteiger partial charge in [-0.1, -0.05) is 72.3 Å². The Morgan fingerprint density at radius 3 is 1.13 bits per heavy atom. The largest absolute Gasteiger partial charge is 0.737 e. The lowest BCUT2D eigenvalue weighted by molar-refractivity contribution is 0.281. The highest BCUT2D eigenvalue weighted by atomic mass is 28.4. The van der Waals surface area contributed by atoms with Crippen molar-refractivity contribution in [2.45, 2.75) is 20.8 Å². The lowest BCUT2D eigenvalue weighted by atomic mass is 10.1. The lowest BCUT2D eigenvalue weighted by Gasteiger charge is -2.32. The van der Waals surface area contributed by atoms with E-state index in [4.69, 9.17) is 13.3 Å². The predicted octanol–water partition coefficient (Wildman–Crippen LogP) is 5.99. The van der Waals surface area contributed by atoms with Crippen LogP contribution in [0.1, 0.15) is 16.7 Å². The van der Waals surface area contributed by atoms with E-state index in [1.807, 2.05) is 91.0 Å². The third-order valence-electron chi connectivity index (χ3n) is 4.97. The fraction of sp³-hybridized carbons (Fsp3) is 0.111. The molecule has 0 atom stereocenters. The number of hydrogen-bond donors (Lipinski definition) is 0. The van der Waals surface area contributed by atoms with Gasteiger partial charge in [0.15, 0.2) is 0 Å². The van der Waals surface area contributed by atoms with E-state index >= 15 is 0 Å². The molecule has 0 saturated carbocycles. The second-order valence-corrected chi connectivity index (χ2v) is 9.80. The van der Waals surface area contributed by atoms with E-state index in [0.717, 1.165) is 16.3 Å². The van der Waals surface area contributed by atoms with Crippen molar-refractivity contribution < 1.29 is 13.3 Å². The van der Waals surface area contributed by atoms with E-state index in [9.17, 15) is 0 Å². The molecular formula is C27H26O3Si. The van der Waals surface area contributed by atoms with Crippen molar-refractivity contribution in [3.63, 3.8) is 0 Å². The van der Waals surface area contributed by atoms with Crippen molar-refractivity contribution in [2.24, 2.45) is 0 Å². The molecule has 4 aromatic carbocycles. The van der Waals surface area contributed by atoms with Crippen molar-refractivity contribution in [3.8, 4) is 17.2 Å². The fourth-order valence-corrected chi connectivity index (χ4v) is 6.69. The monoisotopic (exact) mass is 426 g/mol. The molecule has 0 saturated heterocycles. The molecule has 4 heteroatoms. The molecule has 0 aromatic heterocycles. The summed E-state index contributed by atoms with van der Waals surface area (Å²) in [6.07, 6.45) is 0. The zero-order valence-corrected chi connectivity index (χ0v) is 19.0. The Morgan fingerprint density at radius 1 is 0.484 bits per heavy atom. The van der Waals surface area contributed by atoms with E-state index in [-0.39, 0.29) is 0 Å². The molecule has 0 fully saturated rings. The molecule has 156 valence electrons. The van der Waals surface area contributed by atoms with Crippen LogP contribution in [0.3, 0.4) is 0 Å². The molecule has 0 N–H and O–H groups in total. The van der Waals surface area contributed by atoms with Gasteiger partial charge in [-0.25, -0.2) is 0 Å². The zero-order chi connectivity index (χ0) is 21.7. The van der Waals surface area contributed by atoms with Gasteiger partial charge in [-0.05, 0) is 68.3 Å². The molecule has 0 spiro atoms. The van der Waals surface area contributed by atoms with Crippen LogP contribution in [0, 0.1) is 20.8 Å². The van der Waals surface area contributed by atoms with Gasteiger partial charge >= 0.3 is 8.80 Å². The number of para-hydroxylation sites is 3. The van der Waals surface area contributed by atoms with Gasteiger partial charge in [-0.2, -0.15) is 0 Å². The Kier molecular flexibility index (Phi) is 6.10. The van der Waals surface area contributed by atoms with E-state index in [1.54, 1.807) is 0 Å². The second kappa shape index (κ2) is 9.10. The summed E-state index contributed by atoms with van der Waals surface area (Å²) < 4.78 is 20.1. The molecule has 0 radical (unpaired) electrons. The molecular weight excluding hydrogens is 400 g/mol. The van der Waals surface area contributed by atoms with Crippen molar-refractivity contribution in [1.82, 2.24) is 0 Å².